The first-order valence-electron chi connectivity index (χ1n) is 6.86. The number of anilines is 2. The third-order valence-electron chi connectivity index (χ3n) is 3.83. The highest BCUT2D eigenvalue weighted by Crippen LogP contribution is 2.43. The van der Waals surface area contributed by atoms with Crippen LogP contribution in [0.3, 0.4) is 0 Å². The van der Waals surface area contributed by atoms with Crippen LogP contribution in [0.15, 0.2) is 30.5 Å². The van der Waals surface area contributed by atoms with Crippen LogP contribution >= 0.6 is 0 Å². The summed E-state index contributed by atoms with van der Waals surface area (Å²) in [5, 5.41) is 15.5. The molecule has 1 aromatic heterocycles. The number of aromatic nitrogens is 2. The van der Waals surface area contributed by atoms with Crippen molar-refractivity contribution in [1.29, 1.82) is 0 Å². The van der Waals surface area contributed by atoms with Crippen LogP contribution in [0, 0.1) is 10.1 Å². The molecule has 3 rings (SSSR count). The number of fused-ring (bicyclic) bond motifs is 1. The van der Waals surface area contributed by atoms with Crippen LogP contribution in [0.4, 0.5) is 17.2 Å². The predicted octanol–water partition coefficient (Wildman–Crippen LogP) is 1.91. The maximum Gasteiger partial charge on any atom is 0.331 e. The summed E-state index contributed by atoms with van der Waals surface area (Å²) in [5.74, 6) is 0.683. The Bertz CT molecular complexity index is 682. The second-order valence-electron chi connectivity index (χ2n) is 5.21. The third kappa shape index (κ3) is 2.25. The van der Waals surface area contributed by atoms with E-state index in [1.54, 1.807) is 7.05 Å². The van der Waals surface area contributed by atoms with E-state index in [0.717, 1.165) is 12.1 Å². The molecule has 1 aliphatic heterocycles. The molecule has 7 nitrogen and oxygen atoms in total. The van der Waals surface area contributed by atoms with E-state index >= 15 is 0 Å². The fourth-order valence-corrected chi connectivity index (χ4v) is 2.93. The minimum Gasteiger partial charge on any atom is -0.330 e. The second kappa shape index (κ2) is 5.17. The quantitative estimate of drug-likeness (QED) is 0.685. The fraction of sp³-hybridized carbons (Fsp3) is 0.357. The van der Waals surface area contributed by atoms with Crippen LogP contribution in [0.25, 0.3) is 0 Å². The standard InChI is InChI=1S/C14H17N5O2/c1-17-9-13(19(20)21)14(16-17)18-8-10(6-7-15)11-4-2-3-5-12(11)18/h2-5,9-10H,6-8,15H2,1H3. The molecule has 0 amide bonds. The Hall–Kier alpha value is -2.41. The maximum atomic E-state index is 11.2. The molecule has 0 radical (unpaired) electrons. The molecule has 110 valence electrons. The molecule has 0 saturated heterocycles. The second-order valence-corrected chi connectivity index (χ2v) is 5.21. The monoisotopic (exact) mass is 287 g/mol. The minimum atomic E-state index is -0.388. The molecule has 2 aromatic rings. The Morgan fingerprint density at radius 1 is 1.48 bits per heavy atom. The lowest BCUT2D eigenvalue weighted by atomic mass is 9.98. The van der Waals surface area contributed by atoms with Gasteiger partial charge in [0.05, 0.1) is 4.92 Å². The molecule has 2 heterocycles. The Labute approximate surface area is 122 Å². The van der Waals surface area contributed by atoms with Crippen molar-refractivity contribution in [1.82, 2.24) is 9.78 Å². The van der Waals surface area contributed by atoms with Gasteiger partial charge in [-0.15, -0.1) is 5.10 Å². The topological polar surface area (TPSA) is 90.2 Å². The van der Waals surface area contributed by atoms with Crippen LogP contribution in [0.1, 0.15) is 17.9 Å². The summed E-state index contributed by atoms with van der Waals surface area (Å²) in [6.07, 6.45) is 2.29. The van der Waals surface area contributed by atoms with Gasteiger partial charge < -0.3 is 10.6 Å². The van der Waals surface area contributed by atoms with Gasteiger partial charge in [-0.2, -0.15) is 0 Å². The molecule has 0 fully saturated rings. The Morgan fingerprint density at radius 2 is 2.24 bits per heavy atom. The normalized spacial score (nSPS) is 17.0. The summed E-state index contributed by atoms with van der Waals surface area (Å²) in [5.41, 5.74) is 7.88. The van der Waals surface area contributed by atoms with E-state index in [1.807, 2.05) is 23.1 Å². The van der Waals surface area contributed by atoms with Gasteiger partial charge in [-0.3, -0.25) is 14.8 Å². The lowest BCUT2D eigenvalue weighted by Gasteiger charge is -2.16. The number of para-hydroxylation sites is 1. The minimum absolute atomic E-state index is 0.0284. The van der Waals surface area contributed by atoms with Crippen molar-refractivity contribution in [3.05, 3.63) is 46.1 Å². The van der Waals surface area contributed by atoms with Crippen molar-refractivity contribution >= 4 is 17.2 Å². The zero-order valence-electron chi connectivity index (χ0n) is 11.8. The molecule has 0 spiro atoms. The highest BCUT2D eigenvalue weighted by Gasteiger charge is 2.34. The van der Waals surface area contributed by atoms with Crippen LogP contribution in [0.2, 0.25) is 0 Å². The van der Waals surface area contributed by atoms with E-state index in [1.165, 1.54) is 16.4 Å². The van der Waals surface area contributed by atoms with E-state index < -0.39 is 0 Å². The van der Waals surface area contributed by atoms with Crippen molar-refractivity contribution in [2.75, 3.05) is 18.0 Å². The molecule has 1 unspecified atom stereocenters. The van der Waals surface area contributed by atoms with Crippen molar-refractivity contribution < 1.29 is 4.92 Å². The first-order chi connectivity index (χ1) is 10.1. The highest BCUT2D eigenvalue weighted by atomic mass is 16.6. The first-order valence-corrected chi connectivity index (χ1v) is 6.86. The summed E-state index contributed by atoms with van der Waals surface area (Å²) in [7, 11) is 1.69. The largest absolute Gasteiger partial charge is 0.331 e. The van der Waals surface area contributed by atoms with Gasteiger partial charge in [0.25, 0.3) is 0 Å². The average Bonchev–Trinajstić information content (AvgIpc) is 3.01. The number of hydrogen-bond donors (Lipinski definition) is 1. The molecule has 2 N–H and O–H groups in total. The van der Waals surface area contributed by atoms with Gasteiger partial charge in [0.2, 0.25) is 5.82 Å². The van der Waals surface area contributed by atoms with Crippen LogP contribution in [0.5, 0.6) is 0 Å². The van der Waals surface area contributed by atoms with Crippen LogP contribution in [-0.4, -0.2) is 27.8 Å². The smallest absolute Gasteiger partial charge is 0.330 e. The summed E-state index contributed by atoms with van der Waals surface area (Å²) in [6, 6.07) is 7.96. The summed E-state index contributed by atoms with van der Waals surface area (Å²) in [4.78, 5) is 12.8. The molecule has 0 saturated carbocycles. The highest BCUT2D eigenvalue weighted by molar-refractivity contribution is 5.74. The number of benzene rings is 1. The zero-order chi connectivity index (χ0) is 15.0. The predicted molar refractivity (Wildman–Crippen MR) is 79.7 cm³/mol. The van der Waals surface area contributed by atoms with E-state index in [4.69, 9.17) is 5.73 Å². The molecule has 21 heavy (non-hydrogen) atoms. The molecule has 7 heteroatoms. The molecule has 1 aromatic carbocycles. The Balaban J connectivity index is 2.06. The summed E-state index contributed by atoms with van der Waals surface area (Å²) < 4.78 is 1.48. The van der Waals surface area contributed by atoms with Gasteiger partial charge >= 0.3 is 5.69 Å². The molecular formula is C14H17N5O2. The number of nitro groups is 1. The number of nitrogens with two attached hydrogens (primary N) is 1. The molecule has 1 atom stereocenters. The van der Waals surface area contributed by atoms with Gasteiger partial charge in [0, 0.05) is 25.2 Å². The maximum absolute atomic E-state index is 11.2. The zero-order valence-corrected chi connectivity index (χ0v) is 11.8. The van der Waals surface area contributed by atoms with Gasteiger partial charge in [0.1, 0.15) is 6.20 Å². The van der Waals surface area contributed by atoms with E-state index in [2.05, 4.69) is 11.2 Å². The Morgan fingerprint density at radius 3 is 2.95 bits per heavy atom. The van der Waals surface area contributed by atoms with Crippen molar-refractivity contribution in [3.63, 3.8) is 0 Å². The Kier molecular flexibility index (Phi) is 3.34. The molecule has 0 aliphatic carbocycles. The van der Waals surface area contributed by atoms with Crippen LogP contribution < -0.4 is 10.6 Å². The van der Waals surface area contributed by atoms with E-state index in [-0.39, 0.29) is 16.5 Å². The number of nitrogens with zero attached hydrogens (tertiary/aromatic N) is 4. The van der Waals surface area contributed by atoms with Crippen molar-refractivity contribution in [3.8, 4) is 0 Å². The number of rotatable bonds is 4. The molecule has 0 bridgehead atoms. The van der Waals surface area contributed by atoms with Gasteiger partial charge in [-0.25, -0.2) is 0 Å². The lowest BCUT2D eigenvalue weighted by Crippen LogP contribution is -2.18. The summed E-state index contributed by atoms with van der Waals surface area (Å²) in [6.45, 7) is 1.27. The molecule has 1 aliphatic rings. The first kappa shape index (κ1) is 13.6. The number of hydrogen-bond acceptors (Lipinski definition) is 5. The lowest BCUT2D eigenvalue weighted by molar-refractivity contribution is -0.384. The average molecular weight is 287 g/mol. The van der Waals surface area contributed by atoms with Gasteiger partial charge in [0.15, 0.2) is 0 Å². The van der Waals surface area contributed by atoms with E-state index in [0.29, 0.717) is 18.9 Å². The van der Waals surface area contributed by atoms with Crippen LogP contribution in [-0.2, 0) is 7.05 Å². The van der Waals surface area contributed by atoms with E-state index in [9.17, 15) is 10.1 Å². The van der Waals surface area contributed by atoms with Crippen molar-refractivity contribution in [2.24, 2.45) is 12.8 Å². The fourth-order valence-electron chi connectivity index (χ4n) is 2.93. The third-order valence-corrected chi connectivity index (χ3v) is 3.83. The van der Waals surface area contributed by atoms with Gasteiger partial charge in [-0.05, 0) is 24.6 Å². The molecular weight excluding hydrogens is 270 g/mol. The SMILES string of the molecule is Cn1cc([N+](=O)[O-])c(N2CC(CCN)c3ccccc32)n1. The van der Waals surface area contributed by atoms with Gasteiger partial charge in [-0.1, -0.05) is 18.2 Å². The summed E-state index contributed by atoms with van der Waals surface area (Å²) >= 11 is 0. The van der Waals surface area contributed by atoms with Crippen molar-refractivity contribution in [2.45, 2.75) is 12.3 Å². The number of aryl methyl sites for hydroxylation is 1.